The van der Waals surface area contributed by atoms with Crippen molar-refractivity contribution < 1.29 is 8.42 Å². The molecule has 0 radical (unpaired) electrons. The van der Waals surface area contributed by atoms with Crippen molar-refractivity contribution >= 4 is 9.84 Å². The maximum absolute atomic E-state index is 11.5. The Kier molecular flexibility index (Phi) is 4.31. The van der Waals surface area contributed by atoms with Crippen molar-refractivity contribution in [1.29, 1.82) is 0 Å². The molecule has 1 aromatic rings. The molecule has 1 atom stereocenters. The van der Waals surface area contributed by atoms with Crippen molar-refractivity contribution in [3.05, 3.63) is 11.6 Å². The van der Waals surface area contributed by atoms with Crippen LogP contribution in [0.1, 0.15) is 56.7 Å². The molecule has 0 amide bonds. The fraction of sp³-hybridized carbons (Fsp3) is 0.857. The van der Waals surface area contributed by atoms with Crippen molar-refractivity contribution in [3.8, 4) is 0 Å². The van der Waals surface area contributed by atoms with Gasteiger partial charge in [0, 0.05) is 19.0 Å². The highest BCUT2D eigenvalue weighted by atomic mass is 32.2. The van der Waals surface area contributed by atoms with E-state index in [1.54, 1.807) is 0 Å². The van der Waals surface area contributed by atoms with E-state index in [0.717, 1.165) is 24.6 Å². The highest BCUT2D eigenvalue weighted by Crippen LogP contribution is 2.21. The Morgan fingerprint density at radius 3 is 2.71 bits per heavy atom. The minimum absolute atomic E-state index is 0.121. The molecule has 2 aliphatic heterocycles. The van der Waals surface area contributed by atoms with Crippen molar-refractivity contribution in [2.75, 3.05) is 11.5 Å². The van der Waals surface area contributed by atoms with Crippen LogP contribution in [0.3, 0.4) is 0 Å². The number of aryl methyl sites for hydroxylation is 1. The molecule has 3 rings (SSSR count). The van der Waals surface area contributed by atoms with Crippen LogP contribution in [0.15, 0.2) is 0 Å². The molecule has 0 saturated carbocycles. The first-order valence-corrected chi connectivity index (χ1v) is 9.76. The van der Waals surface area contributed by atoms with Crippen LogP contribution in [0, 0.1) is 0 Å². The summed E-state index contributed by atoms with van der Waals surface area (Å²) in [5, 5.41) is 12.2. The largest absolute Gasteiger partial charge is 0.314 e. The number of fused-ring (bicyclic) bond motifs is 1. The average Bonchev–Trinajstić information content (AvgIpc) is 2.70. The molecule has 1 aromatic heterocycles. The quantitative estimate of drug-likeness (QED) is 0.908. The number of nitrogens with zero attached hydrogens (tertiary/aromatic N) is 3. The predicted molar refractivity (Wildman–Crippen MR) is 80.8 cm³/mol. The summed E-state index contributed by atoms with van der Waals surface area (Å²) in [6, 6.07) is 0.386. The lowest BCUT2D eigenvalue weighted by atomic mass is 10.1. The Morgan fingerprint density at radius 1 is 1.19 bits per heavy atom. The zero-order valence-electron chi connectivity index (χ0n) is 12.6. The molecule has 6 nitrogen and oxygen atoms in total. The van der Waals surface area contributed by atoms with E-state index >= 15 is 0 Å². The van der Waals surface area contributed by atoms with E-state index in [1.807, 2.05) is 0 Å². The second-order valence-electron chi connectivity index (χ2n) is 6.25. The van der Waals surface area contributed by atoms with Gasteiger partial charge >= 0.3 is 0 Å². The zero-order valence-corrected chi connectivity index (χ0v) is 13.4. The normalized spacial score (nSPS) is 24.2. The lowest BCUT2D eigenvalue weighted by molar-refractivity contribution is 0.399. The fourth-order valence-corrected chi connectivity index (χ4v) is 4.80. The SMILES string of the molecule is CC(NC1CCS(=O)(=O)CC1)c1nnc2n1CCCCC2. The number of rotatable bonds is 3. The second-order valence-corrected chi connectivity index (χ2v) is 8.55. The van der Waals surface area contributed by atoms with Gasteiger partial charge in [0.1, 0.15) is 21.5 Å². The molecule has 1 N–H and O–H groups in total. The van der Waals surface area contributed by atoms with Crippen molar-refractivity contribution in [2.45, 2.75) is 64.1 Å². The lowest BCUT2D eigenvalue weighted by Crippen LogP contribution is -2.39. The van der Waals surface area contributed by atoms with Crippen LogP contribution in [0.4, 0.5) is 0 Å². The van der Waals surface area contributed by atoms with Crippen molar-refractivity contribution in [3.63, 3.8) is 0 Å². The van der Waals surface area contributed by atoms with E-state index in [4.69, 9.17) is 0 Å². The van der Waals surface area contributed by atoms with Gasteiger partial charge < -0.3 is 9.88 Å². The molecule has 3 heterocycles. The third-order valence-corrected chi connectivity index (χ3v) is 6.28. The predicted octanol–water partition coefficient (Wildman–Crippen LogP) is 1.23. The highest BCUT2D eigenvalue weighted by Gasteiger charge is 2.26. The van der Waals surface area contributed by atoms with Crippen LogP contribution in [0.25, 0.3) is 0 Å². The van der Waals surface area contributed by atoms with Gasteiger partial charge in [-0.3, -0.25) is 0 Å². The molecular weight excluding hydrogens is 288 g/mol. The molecular formula is C14H24N4O2S. The zero-order chi connectivity index (χ0) is 14.9. The minimum Gasteiger partial charge on any atom is -0.314 e. The summed E-state index contributed by atoms with van der Waals surface area (Å²) >= 11 is 0. The average molecular weight is 312 g/mol. The number of hydrogen-bond donors (Lipinski definition) is 1. The summed E-state index contributed by atoms with van der Waals surface area (Å²) in [5.41, 5.74) is 0. The Morgan fingerprint density at radius 2 is 1.95 bits per heavy atom. The minimum atomic E-state index is -2.80. The van der Waals surface area contributed by atoms with Gasteiger partial charge in [-0.05, 0) is 32.6 Å². The van der Waals surface area contributed by atoms with E-state index < -0.39 is 9.84 Å². The van der Waals surface area contributed by atoms with Crippen LogP contribution >= 0.6 is 0 Å². The maximum atomic E-state index is 11.5. The molecule has 0 spiro atoms. The van der Waals surface area contributed by atoms with Crippen LogP contribution in [-0.4, -0.2) is 40.7 Å². The summed E-state index contributed by atoms with van der Waals surface area (Å²) < 4.78 is 25.2. The number of hydrogen-bond acceptors (Lipinski definition) is 5. The van der Waals surface area contributed by atoms with Gasteiger partial charge in [-0.25, -0.2) is 8.42 Å². The van der Waals surface area contributed by atoms with E-state index in [9.17, 15) is 8.42 Å². The van der Waals surface area contributed by atoms with Crippen LogP contribution in [0.2, 0.25) is 0 Å². The van der Waals surface area contributed by atoms with Crippen molar-refractivity contribution in [2.24, 2.45) is 0 Å². The second kappa shape index (κ2) is 6.04. The molecule has 1 saturated heterocycles. The van der Waals surface area contributed by atoms with Gasteiger partial charge in [-0.2, -0.15) is 0 Å². The standard InChI is InChI=1S/C14H24N4O2S/c1-11(15-12-6-9-21(19,20)10-7-12)14-17-16-13-5-3-2-4-8-18(13)14/h11-12,15H,2-10H2,1H3. The van der Waals surface area contributed by atoms with Gasteiger partial charge in [-0.15, -0.1) is 10.2 Å². The monoisotopic (exact) mass is 312 g/mol. The van der Waals surface area contributed by atoms with Gasteiger partial charge in [0.25, 0.3) is 0 Å². The molecule has 1 fully saturated rings. The van der Waals surface area contributed by atoms with E-state index in [0.29, 0.717) is 24.3 Å². The lowest BCUT2D eigenvalue weighted by Gasteiger charge is -2.26. The Balaban J connectivity index is 1.66. The summed E-state index contributed by atoms with van der Waals surface area (Å²) in [6.07, 6.45) is 6.06. The van der Waals surface area contributed by atoms with Crippen LogP contribution in [0.5, 0.6) is 0 Å². The number of aromatic nitrogens is 3. The first-order valence-electron chi connectivity index (χ1n) is 7.93. The van der Waals surface area contributed by atoms with Gasteiger partial charge in [0.15, 0.2) is 0 Å². The Labute approximate surface area is 126 Å². The van der Waals surface area contributed by atoms with E-state index in [1.165, 1.54) is 19.3 Å². The summed E-state index contributed by atoms with van der Waals surface area (Å²) in [5.74, 6) is 2.70. The van der Waals surface area contributed by atoms with E-state index in [2.05, 4.69) is 27.0 Å². The first-order chi connectivity index (χ1) is 10.1. The first kappa shape index (κ1) is 15.0. The van der Waals surface area contributed by atoms with Crippen LogP contribution in [-0.2, 0) is 22.8 Å². The third kappa shape index (κ3) is 3.45. The smallest absolute Gasteiger partial charge is 0.150 e. The highest BCUT2D eigenvalue weighted by molar-refractivity contribution is 7.91. The molecule has 118 valence electrons. The number of nitrogens with one attached hydrogen (secondary N) is 1. The maximum Gasteiger partial charge on any atom is 0.150 e. The van der Waals surface area contributed by atoms with Gasteiger partial charge in [-0.1, -0.05) is 6.42 Å². The topological polar surface area (TPSA) is 76.9 Å². The fourth-order valence-electron chi connectivity index (χ4n) is 3.31. The van der Waals surface area contributed by atoms with Crippen LogP contribution < -0.4 is 5.32 Å². The molecule has 0 aliphatic carbocycles. The molecule has 0 aromatic carbocycles. The van der Waals surface area contributed by atoms with E-state index in [-0.39, 0.29) is 12.1 Å². The van der Waals surface area contributed by atoms with Gasteiger partial charge in [0.2, 0.25) is 0 Å². The molecule has 2 aliphatic rings. The van der Waals surface area contributed by atoms with Gasteiger partial charge in [0.05, 0.1) is 17.5 Å². The number of sulfone groups is 1. The summed E-state index contributed by atoms with van der Waals surface area (Å²) in [4.78, 5) is 0. The molecule has 1 unspecified atom stereocenters. The summed E-state index contributed by atoms with van der Waals surface area (Å²) in [6.45, 7) is 3.11. The molecule has 0 bridgehead atoms. The summed E-state index contributed by atoms with van der Waals surface area (Å²) in [7, 11) is -2.80. The van der Waals surface area contributed by atoms with Crippen molar-refractivity contribution in [1.82, 2.24) is 20.1 Å². The molecule has 7 heteroatoms. The molecule has 21 heavy (non-hydrogen) atoms. The third-order valence-electron chi connectivity index (χ3n) is 4.57. The Hall–Kier alpha value is -0.950. The Bertz CT molecular complexity index is 582.